The number of nitrogens with zero attached hydrogens (tertiary/aromatic N) is 2. The number of fused-ring (bicyclic) bond motifs is 1. The van der Waals surface area contributed by atoms with E-state index in [-0.39, 0.29) is 11.6 Å². The number of nitrogens with one attached hydrogen (secondary N) is 3. The van der Waals surface area contributed by atoms with Gasteiger partial charge in [-0.1, -0.05) is 78.9 Å². The highest BCUT2D eigenvalue weighted by atomic mass is 32.2. The van der Waals surface area contributed by atoms with Gasteiger partial charge in [0.1, 0.15) is 17.2 Å². The number of aromatic nitrogens is 1. The number of hydrogen-bond donors (Lipinski definition) is 4. The van der Waals surface area contributed by atoms with Crippen molar-refractivity contribution in [3.8, 4) is 11.5 Å². The van der Waals surface area contributed by atoms with E-state index in [1.165, 1.54) is 11.1 Å². The molecule has 1 fully saturated rings. The Labute approximate surface area is 317 Å². The number of piperazine rings is 1. The SMILES string of the molecule is [NH3+]c1cc(S(=O)NC(=O)c2ccc(N3CCN(C(c4ccccc4)c4ccccc4)CC3)cc2Oc2ccc3[nH]ccc3c2)ccc1Nc1ccccc1. The Balaban J connectivity index is 1.02. The molecule has 8 rings (SSSR count). The summed E-state index contributed by atoms with van der Waals surface area (Å²) in [6, 6.07) is 49.8. The van der Waals surface area contributed by atoms with Gasteiger partial charge in [-0.25, -0.2) is 4.21 Å². The highest BCUT2D eigenvalue weighted by Crippen LogP contribution is 2.34. The van der Waals surface area contributed by atoms with Gasteiger partial charge in [-0.15, -0.1) is 0 Å². The Morgan fingerprint density at radius 1 is 0.741 bits per heavy atom. The fourth-order valence-electron chi connectivity index (χ4n) is 7.01. The Kier molecular flexibility index (Phi) is 10.2. The number of anilines is 3. The molecule has 0 radical (unpaired) electrons. The van der Waals surface area contributed by atoms with Crippen LogP contribution in [0.25, 0.3) is 10.9 Å². The molecule has 1 atom stereocenters. The van der Waals surface area contributed by atoms with Crippen molar-refractivity contribution in [3.63, 3.8) is 0 Å². The van der Waals surface area contributed by atoms with Gasteiger partial charge in [0.2, 0.25) is 0 Å². The van der Waals surface area contributed by atoms with Crippen LogP contribution in [-0.2, 0) is 11.0 Å². The van der Waals surface area contributed by atoms with Crippen LogP contribution in [0, 0.1) is 0 Å². The summed E-state index contributed by atoms with van der Waals surface area (Å²) in [5.74, 6) is 0.468. The second-order valence-corrected chi connectivity index (χ2v) is 14.5. The molecule has 54 heavy (non-hydrogen) atoms. The molecule has 9 nitrogen and oxygen atoms in total. The van der Waals surface area contributed by atoms with Crippen LogP contribution in [0.3, 0.4) is 0 Å². The van der Waals surface area contributed by atoms with Gasteiger partial charge in [0.25, 0.3) is 5.91 Å². The molecule has 6 N–H and O–H groups in total. The zero-order valence-corrected chi connectivity index (χ0v) is 30.5. The lowest BCUT2D eigenvalue weighted by molar-refractivity contribution is -0.253. The normalized spacial score (nSPS) is 13.9. The second kappa shape index (κ2) is 15.8. The largest absolute Gasteiger partial charge is 0.456 e. The summed E-state index contributed by atoms with van der Waals surface area (Å²) >= 11 is 0. The molecule has 1 aliphatic rings. The summed E-state index contributed by atoms with van der Waals surface area (Å²) in [7, 11) is -1.84. The van der Waals surface area contributed by atoms with E-state index >= 15 is 0 Å². The van der Waals surface area contributed by atoms with E-state index in [9.17, 15) is 9.00 Å². The molecule has 1 amide bonds. The molecule has 1 unspecified atom stereocenters. The van der Waals surface area contributed by atoms with Crippen molar-refractivity contribution >= 4 is 50.5 Å². The topological polar surface area (TPSA) is 117 Å². The minimum atomic E-state index is -1.84. The van der Waals surface area contributed by atoms with Crippen molar-refractivity contribution in [2.24, 2.45) is 0 Å². The highest BCUT2D eigenvalue weighted by molar-refractivity contribution is 7.83. The van der Waals surface area contributed by atoms with Crippen LogP contribution in [0.2, 0.25) is 0 Å². The lowest BCUT2D eigenvalue weighted by atomic mass is 9.96. The molecule has 0 aliphatic carbocycles. The number of carbonyl (C=O) groups is 1. The molecular weight excluding hydrogens is 693 g/mol. The fourth-order valence-corrected chi connectivity index (χ4v) is 7.84. The number of aromatic amines is 1. The Morgan fingerprint density at radius 3 is 2.11 bits per heavy atom. The van der Waals surface area contributed by atoms with Gasteiger partial charge in [-0.05, 0) is 71.8 Å². The van der Waals surface area contributed by atoms with Crippen LogP contribution in [0.15, 0.2) is 163 Å². The van der Waals surface area contributed by atoms with Gasteiger partial charge < -0.3 is 25.7 Å². The van der Waals surface area contributed by atoms with Crippen LogP contribution in [-0.4, -0.2) is 46.2 Å². The average Bonchev–Trinajstić information content (AvgIpc) is 3.68. The van der Waals surface area contributed by atoms with E-state index in [1.807, 2.05) is 79.0 Å². The van der Waals surface area contributed by atoms with Gasteiger partial charge in [0, 0.05) is 66.8 Å². The summed E-state index contributed by atoms with van der Waals surface area (Å²) in [6.07, 6.45) is 1.88. The minimum Gasteiger partial charge on any atom is -0.456 e. The smallest absolute Gasteiger partial charge is 0.266 e. The summed E-state index contributed by atoms with van der Waals surface area (Å²) in [6.45, 7) is 3.29. The molecule has 6 aromatic carbocycles. The maximum atomic E-state index is 13.8. The first-order valence-corrected chi connectivity index (χ1v) is 19.1. The van der Waals surface area contributed by atoms with Crippen molar-refractivity contribution in [1.82, 2.24) is 14.6 Å². The van der Waals surface area contributed by atoms with Crippen molar-refractivity contribution in [2.75, 3.05) is 36.4 Å². The Morgan fingerprint density at radius 2 is 1.43 bits per heavy atom. The molecule has 0 saturated carbocycles. The van der Waals surface area contributed by atoms with E-state index in [0.29, 0.717) is 22.1 Å². The maximum Gasteiger partial charge on any atom is 0.266 e. The van der Waals surface area contributed by atoms with Gasteiger partial charge in [-0.3, -0.25) is 14.4 Å². The van der Waals surface area contributed by atoms with E-state index in [1.54, 1.807) is 18.2 Å². The number of benzene rings is 6. The molecule has 0 spiro atoms. The molecule has 7 aromatic rings. The molecule has 10 heteroatoms. The van der Waals surface area contributed by atoms with E-state index in [4.69, 9.17) is 4.74 Å². The van der Waals surface area contributed by atoms with Gasteiger partial charge in [-0.2, -0.15) is 0 Å². The quantitative estimate of drug-likeness (QED) is 0.107. The molecule has 1 aromatic heterocycles. The Bertz CT molecular complexity index is 2360. The van der Waals surface area contributed by atoms with Crippen molar-refractivity contribution < 1.29 is 19.5 Å². The number of rotatable bonds is 11. The molecule has 2 heterocycles. The number of carbonyl (C=O) groups excluding carboxylic acids is 1. The van der Waals surface area contributed by atoms with Crippen LogP contribution in [0.1, 0.15) is 27.5 Å². The predicted octanol–water partition coefficient (Wildman–Crippen LogP) is 7.94. The lowest BCUT2D eigenvalue weighted by Gasteiger charge is -2.40. The number of H-pyrrole nitrogens is 1. The number of ether oxygens (including phenoxy) is 1. The summed E-state index contributed by atoms with van der Waals surface area (Å²) in [4.78, 5) is 22.3. The summed E-state index contributed by atoms with van der Waals surface area (Å²) in [5, 5.41) is 4.32. The number of quaternary nitrogens is 1. The minimum absolute atomic E-state index is 0.152. The monoisotopic (exact) mass is 733 g/mol. The third kappa shape index (κ3) is 7.77. The lowest BCUT2D eigenvalue weighted by Crippen LogP contribution is -2.48. The first-order chi connectivity index (χ1) is 26.5. The van der Waals surface area contributed by atoms with Crippen molar-refractivity contribution in [3.05, 3.63) is 175 Å². The maximum absolute atomic E-state index is 13.8. The molecule has 1 aliphatic heterocycles. The first-order valence-electron chi connectivity index (χ1n) is 18.0. The van der Waals surface area contributed by atoms with Gasteiger partial charge in [0.15, 0.2) is 16.7 Å². The number of hydrogen-bond acceptors (Lipinski definition) is 6. The van der Waals surface area contributed by atoms with Crippen LogP contribution >= 0.6 is 0 Å². The van der Waals surface area contributed by atoms with Crippen LogP contribution < -0.4 is 25.4 Å². The van der Waals surface area contributed by atoms with E-state index < -0.39 is 16.9 Å². The van der Waals surface area contributed by atoms with Crippen LogP contribution in [0.5, 0.6) is 11.5 Å². The predicted molar refractivity (Wildman–Crippen MR) is 216 cm³/mol. The van der Waals surface area contributed by atoms with E-state index in [2.05, 4.69) is 91.2 Å². The first kappa shape index (κ1) is 34.9. The van der Waals surface area contributed by atoms with E-state index in [0.717, 1.165) is 54.1 Å². The zero-order valence-electron chi connectivity index (χ0n) is 29.7. The third-order valence-electron chi connectivity index (χ3n) is 9.77. The van der Waals surface area contributed by atoms with Gasteiger partial charge in [0.05, 0.1) is 16.5 Å². The van der Waals surface area contributed by atoms with Crippen molar-refractivity contribution in [1.29, 1.82) is 0 Å². The summed E-state index contributed by atoms with van der Waals surface area (Å²) in [5.41, 5.74) is 11.3. The standard InChI is InChI=1S/C44H40N6O3S/c45-39-30-37(18-21-41(39)47-34-14-8-3-9-15-34)54(52)48-44(51)38-19-16-35(29-42(38)53-36-17-20-40-33(28-36)22-23-46-40)49-24-26-50(27-25-49)43(31-10-4-1-5-11-31)32-12-6-2-7-13-32/h1-23,28-30,43,46-47H,24-27,45H2,(H,48,51)/p+1. The fraction of sp³-hybridized carbons (Fsp3) is 0.114. The number of amides is 1. The number of para-hydroxylation sites is 1. The molecular formula is C44H41N6O3S+. The summed E-state index contributed by atoms with van der Waals surface area (Å²) < 4.78 is 22.7. The van der Waals surface area contributed by atoms with Crippen LogP contribution in [0.4, 0.5) is 22.7 Å². The van der Waals surface area contributed by atoms with Gasteiger partial charge >= 0.3 is 0 Å². The third-order valence-corrected chi connectivity index (χ3v) is 10.8. The van der Waals surface area contributed by atoms with Crippen molar-refractivity contribution in [2.45, 2.75) is 10.9 Å². The second-order valence-electron chi connectivity index (χ2n) is 13.3. The molecule has 1 saturated heterocycles. The highest BCUT2D eigenvalue weighted by Gasteiger charge is 2.27. The average molecular weight is 734 g/mol. The molecule has 0 bridgehead atoms. The zero-order chi connectivity index (χ0) is 36.9. The Hall–Kier alpha value is -6.20. The molecule has 270 valence electrons.